The second-order valence-corrected chi connectivity index (χ2v) is 5.43. The predicted molar refractivity (Wildman–Crippen MR) is 95.4 cm³/mol. The molecule has 1 saturated heterocycles. The Labute approximate surface area is 157 Å². The largest absolute Gasteiger partial charge is 0.401 e. The van der Waals surface area contributed by atoms with Gasteiger partial charge in [-0.05, 0) is 23.8 Å². The van der Waals surface area contributed by atoms with Crippen LogP contribution in [0.15, 0.2) is 18.2 Å². The van der Waals surface area contributed by atoms with E-state index in [0.29, 0.717) is 43.4 Å². The van der Waals surface area contributed by atoms with E-state index in [2.05, 4.69) is 4.90 Å². The maximum absolute atomic E-state index is 12.3. The van der Waals surface area contributed by atoms with Crippen molar-refractivity contribution in [3.05, 3.63) is 28.8 Å². The number of anilines is 1. The van der Waals surface area contributed by atoms with Gasteiger partial charge >= 0.3 is 6.18 Å². The summed E-state index contributed by atoms with van der Waals surface area (Å²) in [6, 6.07) is 5.28. The van der Waals surface area contributed by atoms with Gasteiger partial charge in [-0.15, -0.1) is 37.2 Å². The van der Waals surface area contributed by atoms with Crippen molar-refractivity contribution in [1.29, 1.82) is 0 Å². The molecule has 1 aromatic rings. The molecule has 1 aliphatic rings. The molecule has 10 heteroatoms. The molecule has 0 radical (unpaired) electrons. The van der Waals surface area contributed by atoms with Gasteiger partial charge in [0.1, 0.15) is 0 Å². The van der Waals surface area contributed by atoms with E-state index in [1.807, 2.05) is 6.07 Å². The fourth-order valence-electron chi connectivity index (χ4n) is 2.32. The molecule has 3 nitrogen and oxygen atoms in total. The number of hydrogen-bond acceptors (Lipinski definition) is 3. The van der Waals surface area contributed by atoms with Crippen molar-refractivity contribution >= 4 is 54.5 Å². The molecule has 0 bridgehead atoms. The van der Waals surface area contributed by atoms with Gasteiger partial charge in [-0.1, -0.05) is 11.6 Å². The van der Waals surface area contributed by atoms with Crippen LogP contribution in [-0.2, 0) is 6.54 Å². The maximum Gasteiger partial charge on any atom is 0.401 e. The van der Waals surface area contributed by atoms with Gasteiger partial charge in [0.15, 0.2) is 0 Å². The molecule has 0 aliphatic carbocycles. The third kappa shape index (κ3) is 8.52. The number of alkyl halides is 3. The summed E-state index contributed by atoms with van der Waals surface area (Å²) in [6.45, 7) is 1.81. The molecular weight excluding hydrogens is 397 g/mol. The molecule has 2 N–H and O–H groups in total. The second kappa shape index (κ2) is 10.7. The van der Waals surface area contributed by atoms with Crippen molar-refractivity contribution in [2.45, 2.75) is 12.7 Å². The van der Waals surface area contributed by atoms with Crippen molar-refractivity contribution < 1.29 is 13.2 Å². The number of nitrogens with zero attached hydrogens (tertiary/aromatic N) is 2. The first kappa shape index (κ1) is 25.1. The molecule has 0 unspecified atom stereocenters. The van der Waals surface area contributed by atoms with E-state index in [1.165, 1.54) is 4.90 Å². The van der Waals surface area contributed by atoms with E-state index < -0.39 is 12.7 Å². The van der Waals surface area contributed by atoms with Gasteiger partial charge in [0, 0.05) is 43.4 Å². The Hall–Kier alpha value is -0.110. The van der Waals surface area contributed by atoms with Gasteiger partial charge in [-0.2, -0.15) is 13.2 Å². The third-order valence-electron chi connectivity index (χ3n) is 3.33. The highest BCUT2D eigenvalue weighted by Crippen LogP contribution is 2.22. The molecule has 0 saturated carbocycles. The molecule has 136 valence electrons. The summed E-state index contributed by atoms with van der Waals surface area (Å²) in [5.74, 6) is 0. The SMILES string of the molecule is Cl.Cl.Cl.Nc1ccc(Cl)c(CN2CCN(CC(F)(F)F)CC2)c1. The number of nitrogens with two attached hydrogens (primary N) is 1. The molecule has 0 amide bonds. The van der Waals surface area contributed by atoms with E-state index in [4.69, 9.17) is 17.3 Å². The Bertz CT molecular complexity index is 466. The van der Waals surface area contributed by atoms with Gasteiger partial charge in [0.25, 0.3) is 0 Å². The quantitative estimate of drug-likeness (QED) is 0.759. The highest BCUT2D eigenvalue weighted by atomic mass is 35.5. The second-order valence-electron chi connectivity index (χ2n) is 5.02. The van der Waals surface area contributed by atoms with Crippen molar-refractivity contribution in [3.8, 4) is 0 Å². The Morgan fingerprint density at radius 2 is 1.52 bits per heavy atom. The van der Waals surface area contributed by atoms with E-state index in [-0.39, 0.29) is 37.2 Å². The van der Waals surface area contributed by atoms with Gasteiger partial charge in [0.05, 0.1) is 6.54 Å². The monoisotopic (exact) mass is 415 g/mol. The molecule has 1 heterocycles. The first-order valence-corrected chi connectivity index (χ1v) is 6.77. The minimum absolute atomic E-state index is 0. The van der Waals surface area contributed by atoms with Crippen LogP contribution in [0.4, 0.5) is 18.9 Å². The summed E-state index contributed by atoms with van der Waals surface area (Å²) < 4.78 is 36.9. The lowest BCUT2D eigenvalue weighted by molar-refractivity contribution is -0.149. The van der Waals surface area contributed by atoms with Crippen LogP contribution < -0.4 is 5.73 Å². The number of nitrogen functional groups attached to an aromatic ring is 1. The zero-order chi connectivity index (χ0) is 14.8. The standard InChI is InChI=1S/C13H17ClF3N3.3ClH/c14-12-2-1-11(18)7-10(12)8-19-3-5-20(6-4-19)9-13(15,16)17;;;/h1-2,7H,3-6,8-9,18H2;3*1H. The lowest BCUT2D eigenvalue weighted by Crippen LogP contribution is -2.48. The molecule has 2 rings (SSSR count). The summed E-state index contributed by atoms with van der Waals surface area (Å²) in [7, 11) is 0. The highest BCUT2D eigenvalue weighted by molar-refractivity contribution is 6.31. The van der Waals surface area contributed by atoms with Crippen molar-refractivity contribution in [2.24, 2.45) is 0 Å². The Kier molecular flexibility index (Phi) is 11.7. The Balaban J connectivity index is 0. The van der Waals surface area contributed by atoms with Gasteiger partial charge < -0.3 is 5.73 Å². The summed E-state index contributed by atoms with van der Waals surface area (Å²) in [6.07, 6.45) is -4.13. The summed E-state index contributed by atoms with van der Waals surface area (Å²) in [4.78, 5) is 3.52. The zero-order valence-electron chi connectivity index (χ0n) is 12.2. The zero-order valence-corrected chi connectivity index (χ0v) is 15.4. The van der Waals surface area contributed by atoms with Crippen molar-refractivity contribution in [3.63, 3.8) is 0 Å². The van der Waals surface area contributed by atoms with E-state index >= 15 is 0 Å². The van der Waals surface area contributed by atoms with E-state index in [1.54, 1.807) is 12.1 Å². The number of halogens is 7. The van der Waals surface area contributed by atoms with Crippen LogP contribution in [0, 0.1) is 0 Å². The lowest BCUT2D eigenvalue weighted by atomic mass is 10.1. The van der Waals surface area contributed by atoms with Gasteiger partial charge in [-0.3, -0.25) is 9.80 Å². The molecule has 1 aromatic carbocycles. The Morgan fingerprint density at radius 3 is 2.04 bits per heavy atom. The van der Waals surface area contributed by atoms with Gasteiger partial charge in [-0.25, -0.2) is 0 Å². The van der Waals surface area contributed by atoms with Crippen LogP contribution in [0.2, 0.25) is 5.02 Å². The van der Waals surface area contributed by atoms with Crippen LogP contribution in [0.1, 0.15) is 5.56 Å². The molecule has 0 spiro atoms. The minimum Gasteiger partial charge on any atom is -0.399 e. The first-order valence-electron chi connectivity index (χ1n) is 6.39. The van der Waals surface area contributed by atoms with Crippen LogP contribution in [0.3, 0.4) is 0 Å². The van der Waals surface area contributed by atoms with Crippen LogP contribution in [0.25, 0.3) is 0 Å². The van der Waals surface area contributed by atoms with Crippen LogP contribution in [0.5, 0.6) is 0 Å². The summed E-state index contributed by atoms with van der Waals surface area (Å²) in [5, 5.41) is 0.636. The van der Waals surface area contributed by atoms with Crippen molar-refractivity contribution in [1.82, 2.24) is 9.80 Å². The third-order valence-corrected chi connectivity index (χ3v) is 3.70. The molecule has 1 fully saturated rings. The molecule has 23 heavy (non-hydrogen) atoms. The summed E-state index contributed by atoms with van der Waals surface area (Å²) >= 11 is 6.09. The molecular formula is C13H20Cl4F3N3. The smallest absolute Gasteiger partial charge is 0.399 e. The first-order chi connectivity index (χ1) is 9.33. The molecule has 0 aromatic heterocycles. The highest BCUT2D eigenvalue weighted by Gasteiger charge is 2.32. The van der Waals surface area contributed by atoms with E-state index in [0.717, 1.165) is 5.56 Å². The lowest BCUT2D eigenvalue weighted by Gasteiger charge is -2.35. The van der Waals surface area contributed by atoms with Crippen molar-refractivity contribution in [2.75, 3.05) is 38.5 Å². The minimum atomic E-state index is -4.13. The average Bonchev–Trinajstić information content (AvgIpc) is 2.34. The number of hydrogen-bond donors (Lipinski definition) is 1. The number of rotatable bonds is 3. The molecule has 0 atom stereocenters. The topological polar surface area (TPSA) is 32.5 Å². The predicted octanol–water partition coefficient (Wildman–Crippen LogP) is 3.87. The summed E-state index contributed by atoms with van der Waals surface area (Å²) in [5.41, 5.74) is 7.27. The molecule has 1 aliphatic heterocycles. The number of piperazine rings is 1. The number of benzene rings is 1. The normalized spacial score (nSPS) is 16.0. The average molecular weight is 417 g/mol. The van der Waals surface area contributed by atoms with E-state index in [9.17, 15) is 13.2 Å². The Morgan fingerprint density at radius 1 is 1.00 bits per heavy atom. The van der Waals surface area contributed by atoms with Gasteiger partial charge in [0.2, 0.25) is 0 Å². The van der Waals surface area contributed by atoms with Crippen LogP contribution in [-0.4, -0.2) is 48.7 Å². The fraction of sp³-hybridized carbons (Fsp3) is 0.538. The maximum atomic E-state index is 12.3. The fourth-order valence-corrected chi connectivity index (χ4v) is 2.49. The van der Waals surface area contributed by atoms with Crippen LogP contribution >= 0.6 is 48.8 Å².